The molecule has 0 aromatic rings. The van der Waals surface area contributed by atoms with Gasteiger partial charge in [0.15, 0.2) is 0 Å². The summed E-state index contributed by atoms with van der Waals surface area (Å²) in [5.41, 5.74) is 5.83. The summed E-state index contributed by atoms with van der Waals surface area (Å²) >= 11 is 0. The van der Waals surface area contributed by atoms with Gasteiger partial charge in [-0.05, 0) is 44.1 Å². The molecule has 3 fully saturated rings. The van der Waals surface area contributed by atoms with E-state index in [1.807, 2.05) is 0 Å². The van der Waals surface area contributed by atoms with E-state index >= 15 is 0 Å². The summed E-state index contributed by atoms with van der Waals surface area (Å²) in [6, 6.07) is 0. The summed E-state index contributed by atoms with van der Waals surface area (Å²) < 4.78 is 5.43. The largest absolute Gasteiger partial charge is 0.381 e. The van der Waals surface area contributed by atoms with Gasteiger partial charge in [-0.3, -0.25) is 9.69 Å². The smallest absolute Gasteiger partial charge is 0.226 e. The van der Waals surface area contributed by atoms with Crippen LogP contribution in [0.5, 0.6) is 0 Å². The Hall–Kier alpha value is -0.650. The number of hydrogen-bond acceptors (Lipinski definition) is 4. The Labute approximate surface area is 134 Å². The van der Waals surface area contributed by atoms with Crippen LogP contribution >= 0.6 is 0 Å². The fourth-order valence-electron chi connectivity index (χ4n) is 4.32. The maximum absolute atomic E-state index is 12.7. The first-order valence-electron chi connectivity index (χ1n) is 9.07. The minimum absolute atomic E-state index is 0.201. The number of amides is 1. The van der Waals surface area contributed by atoms with Gasteiger partial charge in [-0.1, -0.05) is 6.42 Å². The number of carbonyl (C=O) groups excluding carboxylic acids is 1. The zero-order valence-corrected chi connectivity index (χ0v) is 13.7. The highest BCUT2D eigenvalue weighted by molar-refractivity contribution is 5.79. The second kappa shape index (κ2) is 7.75. The van der Waals surface area contributed by atoms with Crippen molar-refractivity contribution in [2.45, 2.75) is 32.1 Å². The molecular formula is C17H31N3O2. The highest BCUT2D eigenvalue weighted by Gasteiger charge is 2.35. The van der Waals surface area contributed by atoms with E-state index in [2.05, 4.69) is 9.80 Å². The van der Waals surface area contributed by atoms with Crippen molar-refractivity contribution >= 4 is 5.91 Å². The maximum Gasteiger partial charge on any atom is 0.226 e. The number of nitrogens with zero attached hydrogens (tertiary/aromatic N) is 2. The fourth-order valence-corrected chi connectivity index (χ4v) is 4.32. The molecule has 0 radical (unpaired) electrons. The van der Waals surface area contributed by atoms with Crippen LogP contribution in [0.3, 0.4) is 0 Å². The molecule has 1 aliphatic carbocycles. The molecular weight excluding hydrogens is 278 g/mol. The van der Waals surface area contributed by atoms with Crippen LogP contribution in [0.1, 0.15) is 32.1 Å². The molecule has 2 N–H and O–H groups in total. The van der Waals surface area contributed by atoms with Crippen molar-refractivity contribution in [3.05, 3.63) is 0 Å². The molecule has 0 bridgehead atoms. The van der Waals surface area contributed by atoms with Gasteiger partial charge in [-0.2, -0.15) is 0 Å². The Morgan fingerprint density at radius 2 is 1.77 bits per heavy atom. The molecule has 2 atom stereocenters. The van der Waals surface area contributed by atoms with Crippen LogP contribution in [0.2, 0.25) is 0 Å². The van der Waals surface area contributed by atoms with Crippen molar-refractivity contribution in [3.63, 3.8) is 0 Å². The average molecular weight is 309 g/mol. The van der Waals surface area contributed by atoms with Crippen LogP contribution in [0, 0.1) is 17.8 Å². The van der Waals surface area contributed by atoms with Gasteiger partial charge >= 0.3 is 0 Å². The predicted octanol–water partition coefficient (Wildman–Crippen LogP) is 0.932. The molecule has 22 heavy (non-hydrogen) atoms. The van der Waals surface area contributed by atoms with Gasteiger partial charge in [-0.25, -0.2) is 0 Å². The third kappa shape index (κ3) is 3.81. The molecule has 0 aromatic heterocycles. The van der Waals surface area contributed by atoms with E-state index in [-0.39, 0.29) is 5.92 Å². The Morgan fingerprint density at radius 1 is 1.05 bits per heavy atom. The van der Waals surface area contributed by atoms with Crippen molar-refractivity contribution in [2.75, 3.05) is 52.5 Å². The Balaban J connectivity index is 1.43. The molecule has 0 aromatic carbocycles. The minimum atomic E-state index is 0.201. The van der Waals surface area contributed by atoms with Crippen LogP contribution < -0.4 is 5.73 Å². The van der Waals surface area contributed by atoms with Gasteiger partial charge in [0.2, 0.25) is 5.91 Å². The average Bonchev–Trinajstić information content (AvgIpc) is 3.04. The van der Waals surface area contributed by atoms with Gasteiger partial charge in [0.05, 0.1) is 0 Å². The van der Waals surface area contributed by atoms with E-state index in [0.29, 0.717) is 18.4 Å². The second-order valence-corrected chi connectivity index (χ2v) is 7.21. The molecule has 3 aliphatic rings. The summed E-state index contributed by atoms with van der Waals surface area (Å²) in [4.78, 5) is 17.3. The third-order valence-corrected chi connectivity index (χ3v) is 5.82. The van der Waals surface area contributed by atoms with Crippen molar-refractivity contribution in [1.82, 2.24) is 9.80 Å². The van der Waals surface area contributed by atoms with Crippen LogP contribution in [0.4, 0.5) is 0 Å². The lowest BCUT2D eigenvalue weighted by Crippen LogP contribution is -2.52. The quantitative estimate of drug-likeness (QED) is 0.839. The standard InChI is InChI=1S/C17H31N3O2/c18-12-15-2-1-3-16(15)17(21)20-8-6-19(7-9-20)13-14-4-10-22-11-5-14/h14-16H,1-13,18H2/t15-,16-/m1/s1. The van der Waals surface area contributed by atoms with Crippen LogP contribution in [0.15, 0.2) is 0 Å². The molecule has 0 unspecified atom stereocenters. The fraction of sp³-hybridized carbons (Fsp3) is 0.941. The van der Waals surface area contributed by atoms with Crippen molar-refractivity contribution in [3.8, 4) is 0 Å². The number of ether oxygens (including phenoxy) is 1. The zero-order chi connectivity index (χ0) is 15.4. The summed E-state index contributed by atoms with van der Waals surface area (Å²) in [6.07, 6.45) is 5.74. The Kier molecular flexibility index (Phi) is 5.71. The molecule has 2 heterocycles. The van der Waals surface area contributed by atoms with Crippen LogP contribution in [0.25, 0.3) is 0 Å². The lowest BCUT2D eigenvalue weighted by Gasteiger charge is -2.38. The van der Waals surface area contributed by atoms with E-state index in [0.717, 1.165) is 58.2 Å². The predicted molar refractivity (Wildman–Crippen MR) is 86.4 cm³/mol. The van der Waals surface area contributed by atoms with Gasteiger partial charge in [0.25, 0.3) is 0 Å². The number of nitrogens with two attached hydrogens (primary N) is 1. The van der Waals surface area contributed by atoms with Gasteiger partial charge in [0.1, 0.15) is 0 Å². The summed E-state index contributed by atoms with van der Waals surface area (Å²) in [6.45, 7) is 7.55. The summed E-state index contributed by atoms with van der Waals surface area (Å²) in [7, 11) is 0. The summed E-state index contributed by atoms with van der Waals surface area (Å²) in [5, 5.41) is 0. The third-order valence-electron chi connectivity index (χ3n) is 5.82. The normalized spacial score (nSPS) is 31.6. The molecule has 1 amide bonds. The first kappa shape index (κ1) is 16.2. The number of rotatable bonds is 4. The van der Waals surface area contributed by atoms with Crippen molar-refractivity contribution in [2.24, 2.45) is 23.5 Å². The topological polar surface area (TPSA) is 58.8 Å². The second-order valence-electron chi connectivity index (χ2n) is 7.21. The highest BCUT2D eigenvalue weighted by Crippen LogP contribution is 2.32. The van der Waals surface area contributed by atoms with E-state index in [1.54, 1.807) is 0 Å². The molecule has 1 saturated carbocycles. The van der Waals surface area contributed by atoms with E-state index < -0.39 is 0 Å². The molecule has 3 rings (SSSR count). The molecule has 0 spiro atoms. The number of piperazine rings is 1. The zero-order valence-electron chi connectivity index (χ0n) is 13.7. The van der Waals surface area contributed by atoms with E-state index in [4.69, 9.17) is 10.5 Å². The molecule has 2 saturated heterocycles. The summed E-state index contributed by atoms with van der Waals surface area (Å²) in [5.74, 6) is 1.78. The molecule has 5 nitrogen and oxygen atoms in total. The van der Waals surface area contributed by atoms with Crippen LogP contribution in [-0.2, 0) is 9.53 Å². The van der Waals surface area contributed by atoms with Crippen molar-refractivity contribution < 1.29 is 9.53 Å². The van der Waals surface area contributed by atoms with Crippen LogP contribution in [-0.4, -0.2) is 68.2 Å². The van der Waals surface area contributed by atoms with E-state index in [1.165, 1.54) is 25.8 Å². The maximum atomic E-state index is 12.7. The first-order valence-corrected chi connectivity index (χ1v) is 9.07. The van der Waals surface area contributed by atoms with Gasteiger partial charge in [-0.15, -0.1) is 0 Å². The number of carbonyl (C=O) groups is 1. The van der Waals surface area contributed by atoms with Crippen molar-refractivity contribution in [1.29, 1.82) is 0 Å². The monoisotopic (exact) mass is 309 g/mol. The SMILES string of the molecule is NC[C@H]1CCC[C@H]1C(=O)N1CCN(CC2CCOCC2)CC1. The van der Waals surface area contributed by atoms with E-state index in [9.17, 15) is 4.79 Å². The number of hydrogen-bond donors (Lipinski definition) is 1. The molecule has 126 valence electrons. The molecule has 2 aliphatic heterocycles. The lowest BCUT2D eigenvalue weighted by atomic mass is 9.94. The highest BCUT2D eigenvalue weighted by atomic mass is 16.5. The Morgan fingerprint density at radius 3 is 2.45 bits per heavy atom. The lowest BCUT2D eigenvalue weighted by molar-refractivity contribution is -0.138. The van der Waals surface area contributed by atoms with Gasteiger partial charge < -0.3 is 15.4 Å². The van der Waals surface area contributed by atoms with Gasteiger partial charge in [0, 0.05) is 51.9 Å². The minimum Gasteiger partial charge on any atom is -0.381 e. The Bertz CT molecular complexity index is 363. The molecule has 5 heteroatoms. The first-order chi connectivity index (χ1) is 10.8.